The third-order valence-corrected chi connectivity index (χ3v) is 3.62. The van der Waals surface area contributed by atoms with E-state index in [1.54, 1.807) is 0 Å². The third kappa shape index (κ3) is 5.02. The highest BCUT2D eigenvalue weighted by atomic mass is 16.5. The average molecular weight is 293 g/mol. The predicted octanol–water partition coefficient (Wildman–Crippen LogP) is 2.72. The number of nitrogens with zero attached hydrogens (tertiary/aromatic N) is 4. The first-order chi connectivity index (χ1) is 10.2. The fourth-order valence-electron chi connectivity index (χ4n) is 2.41. The number of anilines is 2. The monoisotopic (exact) mass is 293 g/mol. The Kier molecular flexibility index (Phi) is 6.02. The second kappa shape index (κ2) is 8.00. The van der Waals surface area contributed by atoms with E-state index >= 15 is 0 Å². The molecular formula is C15H27N5O. The van der Waals surface area contributed by atoms with Crippen LogP contribution in [-0.4, -0.2) is 41.7 Å². The number of aromatic nitrogens is 3. The third-order valence-electron chi connectivity index (χ3n) is 3.62. The van der Waals surface area contributed by atoms with Crippen LogP contribution in [0.25, 0.3) is 0 Å². The molecule has 0 amide bonds. The van der Waals surface area contributed by atoms with Gasteiger partial charge in [0.15, 0.2) is 0 Å². The Morgan fingerprint density at radius 1 is 1.14 bits per heavy atom. The normalized spacial score (nSPS) is 15.3. The van der Waals surface area contributed by atoms with Crippen LogP contribution < -0.4 is 15.0 Å². The summed E-state index contributed by atoms with van der Waals surface area (Å²) in [6.07, 6.45) is 5.87. The zero-order chi connectivity index (χ0) is 15.1. The number of hydrogen-bond donors (Lipinski definition) is 1. The lowest BCUT2D eigenvalue weighted by Gasteiger charge is -2.26. The molecule has 6 nitrogen and oxygen atoms in total. The lowest BCUT2D eigenvalue weighted by molar-refractivity contribution is 0.275. The number of ether oxygens (including phenoxy) is 1. The molecule has 0 atom stereocenters. The molecule has 0 saturated carbocycles. The zero-order valence-electron chi connectivity index (χ0n) is 13.4. The van der Waals surface area contributed by atoms with E-state index in [2.05, 4.69) is 39.0 Å². The van der Waals surface area contributed by atoms with Crippen molar-refractivity contribution in [2.75, 3.05) is 37.0 Å². The molecule has 1 fully saturated rings. The van der Waals surface area contributed by atoms with Crippen LogP contribution in [0.5, 0.6) is 6.01 Å². The van der Waals surface area contributed by atoms with Gasteiger partial charge in [-0.25, -0.2) is 0 Å². The summed E-state index contributed by atoms with van der Waals surface area (Å²) in [4.78, 5) is 15.4. The van der Waals surface area contributed by atoms with Crippen LogP contribution in [0, 0.1) is 5.92 Å². The SMILES string of the molecule is CNc1nc(OCCCC(C)C)nc(N2CCCCC2)n1. The standard InChI is InChI=1S/C15H27N5O/c1-12(2)8-7-11-21-15-18-13(16-3)17-14(19-15)20-9-5-4-6-10-20/h12H,4-11H2,1-3H3,(H,16,17,18,19). The van der Waals surface area contributed by atoms with Gasteiger partial charge >= 0.3 is 6.01 Å². The zero-order valence-corrected chi connectivity index (χ0v) is 13.4. The first-order valence-corrected chi connectivity index (χ1v) is 8.00. The van der Waals surface area contributed by atoms with E-state index in [-0.39, 0.29) is 0 Å². The molecule has 2 heterocycles. The van der Waals surface area contributed by atoms with Gasteiger partial charge < -0.3 is 15.0 Å². The molecule has 21 heavy (non-hydrogen) atoms. The fourth-order valence-corrected chi connectivity index (χ4v) is 2.41. The quantitative estimate of drug-likeness (QED) is 0.780. The Hall–Kier alpha value is -1.59. The van der Waals surface area contributed by atoms with E-state index in [0.29, 0.717) is 24.5 Å². The molecule has 0 aromatic carbocycles. The van der Waals surface area contributed by atoms with Crippen LogP contribution in [0.4, 0.5) is 11.9 Å². The molecular weight excluding hydrogens is 266 g/mol. The van der Waals surface area contributed by atoms with Gasteiger partial charge in [0, 0.05) is 20.1 Å². The van der Waals surface area contributed by atoms with E-state index in [0.717, 1.165) is 31.9 Å². The lowest BCUT2D eigenvalue weighted by Crippen LogP contribution is -2.31. The summed E-state index contributed by atoms with van der Waals surface area (Å²) < 4.78 is 5.70. The number of rotatable bonds is 7. The van der Waals surface area contributed by atoms with Gasteiger partial charge in [-0.1, -0.05) is 13.8 Å². The summed E-state index contributed by atoms with van der Waals surface area (Å²) in [7, 11) is 1.82. The minimum Gasteiger partial charge on any atom is -0.463 e. The lowest BCUT2D eigenvalue weighted by atomic mass is 10.1. The second-order valence-corrected chi connectivity index (χ2v) is 5.92. The number of hydrogen-bond acceptors (Lipinski definition) is 6. The maximum absolute atomic E-state index is 5.70. The molecule has 118 valence electrons. The van der Waals surface area contributed by atoms with E-state index in [9.17, 15) is 0 Å². The molecule has 1 aromatic heterocycles. The van der Waals surface area contributed by atoms with E-state index in [1.165, 1.54) is 19.3 Å². The molecule has 0 aliphatic carbocycles. The molecule has 0 unspecified atom stereocenters. The maximum atomic E-state index is 5.70. The summed E-state index contributed by atoms with van der Waals surface area (Å²) in [5, 5.41) is 2.99. The molecule has 0 radical (unpaired) electrons. The summed E-state index contributed by atoms with van der Waals surface area (Å²) in [5.74, 6) is 2.00. The highest BCUT2D eigenvalue weighted by molar-refractivity contribution is 5.38. The van der Waals surface area contributed by atoms with Gasteiger partial charge in [-0.15, -0.1) is 0 Å². The van der Waals surface area contributed by atoms with Crippen molar-refractivity contribution in [1.82, 2.24) is 15.0 Å². The fraction of sp³-hybridized carbons (Fsp3) is 0.800. The second-order valence-electron chi connectivity index (χ2n) is 5.92. The Bertz CT molecular complexity index is 432. The predicted molar refractivity (Wildman–Crippen MR) is 85.0 cm³/mol. The molecule has 0 bridgehead atoms. The highest BCUT2D eigenvalue weighted by Crippen LogP contribution is 2.19. The largest absolute Gasteiger partial charge is 0.463 e. The van der Waals surface area contributed by atoms with Crippen LogP contribution in [0.15, 0.2) is 0 Å². The molecule has 1 N–H and O–H groups in total. The van der Waals surface area contributed by atoms with Crippen LogP contribution in [0.1, 0.15) is 46.0 Å². The summed E-state index contributed by atoms with van der Waals surface area (Å²) >= 11 is 0. The Morgan fingerprint density at radius 3 is 2.57 bits per heavy atom. The first-order valence-electron chi connectivity index (χ1n) is 8.00. The first kappa shape index (κ1) is 15.8. The smallest absolute Gasteiger partial charge is 0.323 e. The minimum atomic E-state index is 0.429. The number of nitrogens with one attached hydrogen (secondary N) is 1. The van der Waals surface area contributed by atoms with Crippen LogP contribution in [-0.2, 0) is 0 Å². The van der Waals surface area contributed by atoms with Gasteiger partial charge in [-0.3, -0.25) is 0 Å². The van der Waals surface area contributed by atoms with Crippen molar-refractivity contribution in [3.8, 4) is 6.01 Å². The van der Waals surface area contributed by atoms with E-state index in [1.807, 2.05) is 7.05 Å². The Labute approximate surface area is 127 Å². The molecule has 2 rings (SSSR count). The summed E-state index contributed by atoms with van der Waals surface area (Å²) in [6.45, 7) is 7.12. The van der Waals surface area contributed by atoms with Crippen molar-refractivity contribution in [1.29, 1.82) is 0 Å². The molecule has 1 aliphatic heterocycles. The average Bonchev–Trinajstić information content (AvgIpc) is 2.52. The summed E-state index contributed by atoms with van der Waals surface area (Å²) in [6, 6.07) is 0.429. The van der Waals surface area contributed by atoms with Crippen molar-refractivity contribution < 1.29 is 4.74 Å². The summed E-state index contributed by atoms with van der Waals surface area (Å²) in [5.41, 5.74) is 0. The molecule has 6 heteroatoms. The van der Waals surface area contributed by atoms with Crippen LogP contribution in [0.3, 0.4) is 0 Å². The van der Waals surface area contributed by atoms with E-state index < -0.39 is 0 Å². The van der Waals surface area contributed by atoms with Crippen LogP contribution >= 0.6 is 0 Å². The van der Waals surface area contributed by atoms with Crippen molar-refractivity contribution >= 4 is 11.9 Å². The van der Waals surface area contributed by atoms with Crippen molar-refractivity contribution in [3.05, 3.63) is 0 Å². The van der Waals surface area contributed by atoms with Crippen molar-refractivity contribution in [3.63, 3.8) is 0 Å². The van der Waals surface area contributed by atoms with Crippen LogP contribution in [0.2, 0.25) is 0 Å². The Balaban J connectivity index is 1.99. The Morgan fingerprint density at radius 2 is 1.90 bits per heavy atom. The molecule has 1 aliphatic rings. The van der Waals surface area contributed by atoms with Gasteiger partial charge in [0.25, 0.3) is 0 Å². The van der Waals surface area contributed by atoms with E-state index in [4.69, 9.17) is 4.74 Å². The maximum Gasteiger partial charge on any atom is 0.323 e. The van der Waals surface area contributed by atoms with Gasteiger partial charge in [0.2, 0.25) is 11.9 Å². The topological polar surface area (TPSA) is 63.2 Å². The van der Waals surface area contributed by atoms with Gasteiger partial charge in [0.05, 0.1) is 6.61 Å². The highest BCUT2D eigenvalue weighted by Gasteiger charge is 2.16. The molecule has 1 aromatic rings. The minimum absolute atomic E-state index is 0.429. The van der Waals surface area contributed by atoms with Gasteiger partial charge in [-0.2, -0.15) is 15.0 Å². The van der Waals surface area contributed by atoms with Gasteiger partial charge in [0.1, 0.15) is 0 Å². The van der Waals surface area contributed by atoms with Crippen molar-refractivity contribution in [2.24, 2.45) is 5.92 Å². The molecule has 0 spiro atoms. The molecule has 1 saturated heterocycles. The number of piperidine rings is 1. The van der Waals surface area contributed by atoms with Gasteiger partial charge in [-0.05, 0) is 38.0 Å². The van der Waals surface area contributed by atoms with Crippen molar-refractivity contribution in [2.45, 2.75) is 46.0 Å².